The Kier molecular flexibility index (Phi) is 3.99. The maximum absolute atomic E-state index is 13.8. The smallest absolute Gasteiger partial charge is 0.272 e. The maximum Gasteiger partial charge on any atom is 0.272 e. The van der Waals surface area contributed by atoms with E-state index in [-0.39, 0.29) is 17.4 Å². The number of halogens is 1. The van der Waals surface area contributed by atoms with Crippen molar-refractivity contribution in [2.45, 2.75) is 26.8 Å². The highest BCUT2D eigenvalue weighted by molar-refractivity contribution is 7.11. The summed E-state index contributed by atoms with van der Waals surface area (Å²) in [6.07, 6.45) is 0. The van der Waals surface area contributed by atoms with Gasteiger partial charge in [-0.2, -0.15) is 0 Å². The van der Waals surface area contributed by atoms with Crippen LogP contribution in [0.3, 0.4) is 0 Å². The van der Waals surface area contributed by atoms with Gasteiger partial charge in [-0.1, -0.05) is 0 Å². The minimum Gasteiger partial charge on any atom is -0.375 e. The van der Waals surface area contributed by atoms with Gasteiger partial charge < -0.3 is 5.32 Å². The molecule has 5 nitrogen and oxygen atoms in total. The first-order chi connectivity index (χ1) is 9.38. The molecule has 0 aliphatic heterocycles. The fourth-order valence-electron chi connectivity index (χ4n) is 1.98. The largest absolute Gasteiger partial charge is 0.375 e. The molecular weight excluding hydrogens is 281 g/mol. The minimum atomic E-state index is -0.634. The van der Waals surface area contributed by atoms with Crippen LogP contribution in [0.4, 0.5) is 15.8 Å². The van der Waals surface area contributed by atoms with Gasteiger partial charge in [-0.05, 0) is 26.8 Å². The van der Waals surface area contributed by atoms with Crippen LogP contribution in [0.1, 0.15) is 28.5 Å². The summed E-state index contributed by atoms with van der Waals surface area (Å²) in [4.78, 5) is 15.3. The van der Waals surface area contributed by atoms with Crippen molar-refractivity contribution in [3.63, 3.8) is 0 Å². The predicted molar refractivity (Wildman–Crippen MR) is 76.7 cm³/mol. The second-order valence-corrected chi connectivity index (χ2v) is 5.70. The van der Waals surface area contributed by atoms with Gasteiger partial charge in [0, 0.05) is 10.9 Å². The summed E-state index contributed by atoms with van der Waals surface area (Å²) in [6.45, 7) is 5.73. The van der Waals surface area contributed by atoms with Crippen LogP contribution in [0.15, 0.2) is 18.2 Å². The quantitative estimate of drug-likeness (QED) is 0.684. The summed E-state index contributed by atoms with van der Waals surface area (Å²) < 4.78 is 13.8. The van der Waals surface area contributed by atoms with Gasteiger partial charge in [0.2, 0.25) is 0 Å². The average Bonchev–Trinajstić information content (AvgIpc) is 2.70. The Morgan fingerprint density at radius 1 is 1.45 bits per heavy atom. The molecule has 0 amide bonds. The van der Waals surface area contributed by atoms with Crippen LogP contribution in [0, 0.1) is 29.8 Å². The van der Waals surface area contributed by atoms with Crippen molar-refractivity contribution in [1.82, 2.24) is 4.98 Å². The van der Waals surface area contributed by atoms with E-state index in [1.165, 1.54) is 12.1 Å². The fourth-order valence-corrected chi connectivity index (χ4v) is 2.91. The molecule has 0 spiro atoms. The first-order valence-corrected chi connectivity index (χ1v) is 6.84. The van der Waals surface area contributed by atoms with Crippen LogP contribution in [-0.4, -0.2) is 9.91 Å². The van der Waals surface area contributed by atoms with Gasteiger partial charge in [-0.3, -0.25) is 10.1 Å². The van der Waals surface area contributed by atoms with Crippen molar-refractivity contribution in [2.75, 3.05) is 5.32 Å². The van der Waals surface area contributed by atoms with Crippen molar-refractivity contribution in [2.24, 2.45) is 0 Å². The van der Waals surface area contributed by atoms with E-state index < -0.39 is 10.7 Å². The third-order valence-electron chi connectivity index (χ3n) is 2.87. The second-order valence-electron chi connectivity index (χ2n) is 4.47. The standard InChI is InChI=1S/C13H14FN3O2S/c1-7-13(20-9(3)15-7)8(2)16-12-5-4-10(17(18)19)6-11(12)14/h4-6,8,16H,1-3H3. The van der Waals surface area contributed by atoms with Gasteiger partial charge in [0.05, 0.1) is 33.4 Å². The monoisotopic (exact) mass is 295 g/mol. The number of hydrogen-bond acceptors (Lipinski definition) is 5. The number of aryl methyl sites for hydroxylation is 2. The second kappa shape index (κ2) is 5.54. The number of nitrogens with one attached hydrogen (secondary N) is 1. The number of aromatic nitrogens is 1. The zero-order chi connectivity index (χ0) is 14.9. The van der Waals surface area contributed by atoms with Gasteiger partial charge in [-0.15, -0.1) is 11.3 Å². The van der Waals surface area contributed by atoms with Crippen LogP contribution >= 0.6 is 11.3 Å². The highest BCUT2D eigenvalue weighted by Crippen LogP contribution is 2.29. The summed E-state index contributed by atoms with van der Waals surface area (Å²) in [5, 5.41) is 14.5. The predicted octanol–water partition coefficient (Wildman–Crippen LogP) is 3.98. The topological polar surface area (TPSA) is 68.1 Å². The lowest BCUT2D eigenvalue weighted by atomic mass is 10.2. The fraction of sp³-hybridized carbons (Fsp3) is 0.308. The Balaban J connectivity index is 2.22. The Morgan fingerprint density at radius 2 is 2.15 bits per heavy atom. The van der Waals surface area contributed by atoms with Crippen molar-refractivity contribution < 1.29 is 9.31 Å². The number of rotatable bonds is 4. The van der Waals surface area contributed by atoms with Gasteiger partial charge in [-0.25, -0.2) is 9.37 Å². The SMILES string of the molecule is Cc1nc(C)c(C(C)Nc2ccc([N+](=O)[O-])cc2F)s1. The lowest BCUT2D eigenvalue weighted by Crippen LogP contribution is -2.08. The van der Waals surface area contributed by atoms with Gasteiger partial charge >= 0.3 is 0 Å². The number of hydrogen-bond donors (Lipinski definition) is 1. The molecule has 0 radical (unpaired) electrons. The van der Waals surface area contributed by atoms with Crippen LogP contribution < -0.4 is 5.32 Å². The molecule has 106 valence electrons. The molecule has 0 saturated heterocycles. The Hall–Kier alpha value is -2.02. The summed E-state index contributed by atoms with van der Waals surface area (Å²) in [7, 11) is 0. The van der Waals surface area contributed by atoms with E-state index in [4.69, 9.17) is 0 Å². The number of benzene rings is 1. The number of anilines is 1. The van der Waals surface area contributed by atoms with E-state index in [0.717, 1.165) is 21.6 Å². The lowest BCUT2D eigenvalue weighted by molar-refractivity contribution is -0.385. The molecule has 1 aromatic carbocycles. The highest BCUT2D eigenvalue weighted by atomic mass is 32.1. The summed E-state index contributed by atoms with van der Waals surface area (Å²) >= 11 is 1.55. The van der Waals surface area contributed by atoms with E-state index >= 15 is 0 Å². The molecule has 1 N–H and O–H groups in total. The molecule has 0 fully saturated rings. The minimum absolute atomic E-state index is 0.114. The summed E-state index contributed by atoms with van der Waals surface area (Å²) in [5.74, 6) is -0.634. The molecule has 1 atom stereocenters. The summed E-state index contributed by atoms with van der Waals surface area (Å²) in [6, 6.07) is 3.47. The van der Waals surface area contributed by atoms with E-state index in [9.17, 15) is 14.5 Å². The van der Waals surface area contributed by atoms with Crippen molar-refractivity contribution >= 4 is 22.7 Å². The Labute approximate surface area is 119 Å². The van der Waals surface area contributed by atoms with Crippen molar-refractivity contribution in [1.29, 1.82) is 0 Å². The Morgan fingerprint density at radius 3 is 2.65 bits per heavy atom. The van der Waals surface area contributed by atoms with Gasteiger partial charge in [0.1, 0.15) is 0 Å². The third-order valence-corrected chi connectivity index (χ3v) is 4.12. The van der Waals surface area contributed by atoms with Crippen LogP contribution in [0.5, 0.6) is 0 Å². The third kappa shape index (κ3) is 2.93. The van der Waals surface area contributed by atoms with Crippen molar-refractivity contribution in [3.05, 3.63) is 49.7 Å². The van der Waals surface area contributed by atoms with E-state index in [0.29, 0.717) is 0 Å². The molecule has 0 bridgehead atoms. The Bertz CT molecular complexity index is 657. The first kappa shape index (κ1) is 14.4. The van der Waals surface area contributed by atoms with E-state index in [2.05, 4.69) is 10.3 Å². The highest BCUT2D eigenvalue weighted by Gasteiger charge is 2.16. The molecule has 0 aliphatic rings. The molecule has 20 heavy (non-hydrogen) atoms. The zero-order valence-electron chi connectivity index (χ0n) is 11.3. The number of non-ortho nitro benzene ring substituents is 1. The number of thiazole rings is 1. The molecule has 2 aromatic rings. The lowest BCUT2D eigenvalue weighted by Gasteiger charge is -2.14. The van der Waals surface area contributed by atoms with Gasteiger partial charge in [0.25, 0.3) is 5.69 Å². The number of nitrogens with zero attached hydrogens (tertiary/aromatic N) is 2. The average molecular weight is 295 g/mol. The maximum atomic E-state index is 13.8. The van der Waals surface area contributed by atoms with Gasteiger partial charge in [0.15, 0.2) is 5.82 Å². The zero-order valence-corrected chi connectivity index (χ0v) is 12.1. The molecule has 2 rings (SSSR count). The molecule has 0 aliphatic carbocycles. The molecule has 0 saturated carbocycles. The molecule has 7 heteroatoms. The molecule has 1 aromatic heterocycles. The normalized spacial score (nSPS) is 12.2. The van der Waals surface area contributed by atoms with E-state index in [1.54, 1.807) is 11.3 Å². The molecule has 1 heterocycles. The van der Waals surface area contributed by atoms with Crippen LogP contribution in [-0.2, 0) is 0 Å². The number of nitro groups is 1. The first-order valence-electron chi connectivity index (χ1n) is 6.03. The summed E-state index contributed by atoms with van der Waals surface area (Å²) in [5.41, 5.74) is 0.897. The van der Waals surface area contributed by atoms with Crippen molar-refractivity contribution in [3.8, 4) is 0 Å². The number of nitro benzene ring substituents is 1. The van der Waals surface area contributed by atoms with Crippen LogP contribution in [0.25, 0.3) is 0 Å². The van der Waals surface area contributed by atoms with Crippen LogP contribution in [0.2, 0.25) is 0 Å². The molecular formula is C13H14FN3O2S. The van der Waals surface area contributed by atoms with E-state index in [1.807, 2.05) is 20.8 Å². The molecule has 1 unspecified atom stereocenters.